The summed E-state index contributed by atoms with van der Waals surface area (Å²) < 4.78 is 94.4. The van der Waals surface area contributed by atoms with Crippen molar-refractivity contribution in [2.45, 2.75) is 39.1 Å². The van der Waals surface area contributed by atoms with Gasteiger partial charge in [-0.25, -0.2) is 4.79 Å². The third-order valence-electron chi connectivity index (χ3n) is 4.49. The Hall–Kier alpha value is -3.37. The highest BCUT2D eigenvalue weighted by atomic mass is 79.9. The standard InChI is InChI=1S/C25H21BrF6O6/c1-3-35-22(23(33)34)13-16-5-8-21(19(26)12-16)36-11-10-15(2)4-6-17-14-18(37-24(27,28)29)7-9-20(17)38-25(30,31)32/h5,7-10,12,14,22H,3,11,13H2,1-2H3,(H,33,34). The van der Waals surface area contributed by atoms with E-state index in [2.05, 4.69) is 37.2 Å². The first-order valence-electron chi connectivity index (χ1n) is 10.8. The minimum Gasteiger partial charge on any atom is -0.488 e. The van der Waals surface area contributed by atoms with Gasteiger partial charge >= 0.3 is 18.7 Å². The maximum Gasteiger partial charge on any atom is 0.573 e. The molecule has 206 valence electrons. The number of allylic oxidation sites excluding steroid dienone is 1. The van der Waals surface area contributed by atoms with Gasteiger partial charge < -0.3 is 24.1 Å². The Labute approximate surface area is 222 Å². The average Bonchev–Trinajstić information content (AvgIpc) is 2.78. The molecule has 6 nitrogen and oxygen atoms in total. The van der Waals surface area contributed by atoms with Gasteiger partial charge in [0.25, 0.3) is 0 Å². The molecule has 38 heavy (non-hydrogen) atoms. The number of ether oxygens (including phenoxy) is 4. The molecular weight excluding hydrogens is 590 g/mol. The Kier molecular flexibility index (Phi) is 10.9. The van der Waals surface area contributed by atoms with Crippen LogP contribution < -0.4 is 14.2 Å². The smallest absolute Gasteiger partial charge is 0.488 e. The topological polar surface area (TPSA) is 74.2 Å². The zero-order chi connectivity index (χ0) is 28.5. The monoisotopic (exact) mass is 610 g/mol. The fourth-order valence-corrected chi connectivity index (χ4v) is 3.45. The van der Waals surface area contributed by atoms with Crippen LogP contribution in [0.25, 0.3) is 0 Å². The molecule has 2 aromatic carbocycles. The van der Waals surface area contributed by atoms with E-state index in [0.29, 0.717) is 39.6 Å². The molecule has 0 fully saturated rings. The van der Waals surface area contributed by atoms with E-state index in [4.69, 9.17) is 9.47 Å². The van der Waals surface area contributed by atoms with Gasteiger partial charge in [-0.15, -0.1) is 26.3 Å². The second kappa shape index (κ2) is 13.4. The van der Waals surface area contributed by atoms with Crippen molar-refractivity contribution in [3.05, 3.63) is 63.6 Å². The molecule has 0 amide bonds. The van der Waals surface area contributed by atoms with Crippen molar-refractivity contribution in [3.63, 3.8) is 0 Å². The van der Waals surface area contributed by atoms with Crippen molar-refractivity contribution in [2.24, 2.45) is 0 Å². The molecule has 1 unspecified atom stereocenters. The molecule has 0 saturated heterocycles. The van der Waals surface area contributed by atoms with Crippen LogP contribution in [0.1, 0.15) is 25.0 Å². The van der Waals surface area contributed by atoms with Crippen LogP contribution in [0.15, 0.2) is 52.5 Å². The van der Waals surface area contributed by atoms with Crippen molar-refractivity contribution in [1.82, 2.24) is 0 Å². The van der Waals surface area contributed by atoms with Crippen LogP contribution in [0, 0.1) is 11.8 Å². The third kappa shape index (κ3) is 10.9. The molecule has 0 bridgehead atoms. The molecule has 0 radical (unpaired) electrons. The van der Waals surface area contributed by atoms with Crippen molar-refractivity contribution in [2.75, 3.05) is 13.2 Å². The van der Waals surface area contributed by atoms with Crippen LogP contribution >= 0.6 is 15.9 Å². The predicted octanol–water partition coefficient (Wildman–Crippen LogP) is 6.66. The number of carbonyl (C=O) groups is 1. The SMILES string of the molecule is CCOC(Cc1ccc(OCC=C(C)C#Cc2cc(OC(F)(F)F)ccc2OC(F)(F)F)c(Br)c1)C(=O)O. The van der Waals surface area contributed by atoms with Crippen LogP contribution in [0.3, 0.4) is 0 Å². The number of carboxylic acids is 1. The Morgan fingerprint density at radius 3 is 2.29 bits per heavy atom. The normalized spacial score (nSPS) is 12.8. The molecule has 0 aliphatic heterocycles. The molecular formula is C25H21BrF6O6. The van der Waals surface area contributed by atoms with Gasteiger partial charge in [-0.3, -0.25) is 0 Å². The fourth-order valence-electron chi connectivity index (χ4n) is 2.91. The van der Waals surface area contributed by atoms with Gasteiger partial charge in [0.15, 0.2) is 6.10 Å². The van der Waals surface area contributed by atoms with Crippen LogP contribution in [0.2, 0.25) is 0 Å². The number of carboxylic acid groups (broad SMARTS) is 1. The summed E-state index contributed by atoms with van der Waals surface area (Å²) in [5, 5.41) is 9.21. The Balaban J connectivity index is 2.13. The maximum absolute atomic E-state index is 12.7. The number of hydrogen-bond acceptors (Lipinski definition) is 5. The lowest BCUT2D eigenvalue weighted by atomic mass is 10.1. The summed E-state index contributed by atoms with van der Waals surface area (Å²) in [5.74, 6) is 2.68. The molecule has 0 saturated carbocycles. The number of hydrogen-bond donors (Lipinski definition) is 1. The van der Waals surface area contributed by atoms with E-state index in [1.165, 1.54) is 13.0 Å². The summed E-state index contributed by atoms with van der Waals surface area (Å²) in [5.41, 5.74) is 0.568. The summed E-state index contributed by atoms with van der Waals surface area (Å²) in [4.78, 5) is 11.3. The summed E-state index contributed by atoms with van der Waals surface area (Å²) in [6, 6.07) is 7.01. The second-order valence-electron chi connectivity index (χ2n) is 7.45. The van der Waals surface area contributed by atoms with E-state index < -0.39 is 41.9 Å². The first-order chi connectivity index (χ1) is 17.7. The number of halogens is 7. The van der Waals surface area contributed by atoms with Gasteiger partial charge in [0.2, 0.25) is 0 Å². The molecule has 0 heterocycles. The Morgan fingerprint density at radius 2 is 1.71 bits per heavy atom. The van der Waals surface area contributed by atoms with Crippen molar-refractivity contribution in [1.29, 1.82) is 0 Å². The van der Waals surface area contributed by atoms with E-state index in [9.17, 15) is 36.2 Å². The van der Waals surface area contributed by atoms with Crippen LogP contribution in [-0.2, 0) is 16.0 Å². The fraction of sp³-hybridized carbons (Fsp3) is 0.320. The highest BCUT2D eigenvalue weighted by Gasteiger charge is 2.34. The van der Waals surface area contributed by atoms with Gasteiger partial charge in [-0.2, -0.15) is 0 Å². The van der Waals surface area contributed by atoms with Crippen molar-refractivity contribution < 1.29 is 55.2 Å². The van der Waals surface area contributed by atoms with E-state index in [-0.39, 0.29) is 19.6 Å². The minimum atomic E-state index is -5.08. The predicted molar refractivity (Wildman–Crippen MR) is 127 cm³/mol. The van der Waals surface area contributed by atoms with Gasteiger partial charge in [-0.05, 0) is 77.3 Å². The third-order valence-corrected chi connectivity index (χ3v) is 5.11. The summed E-state index contributed by atoms with van der Waals surface area (Å²) in [7, 11) is 0. The average molecular weight is 611 g/mol. The molecule has 13 heteroatoms. The van der Waals surface area contributed by atoms with Gasteiger partial charge in [0.05, 0.1) is 10.0 Å². The number of alkyl halides is 6. The van der Waals surface area contributed by atoms with Crippen LogP contribution in [0.5, 0.6) is 17.2 Å². The molecule has 1 atom stereocenters. The number of aliphatic carboxylic acids is 1. The highest BCUT2D eigenvalue weighted by Crippen LogP contribution is 2.31. The lowest BCUT2D eigenvalue weighted by Gasteiger charge is -2.13. The summed E-state index contributed by atoms with van der Waals surface area (Å²) in [6.45, 7) is 3.46. The summed E-state index contributed by atoms with van der Waals surface area (Å²) >= 11 is 3.34. The largest absolute Gasteiger partial charge is 0.573 e. The second-order valence-corrected chi connectivity index (χ2v) is 8.31. The maximum atomic E-state index is 12.7. The molecule has 0 aliphatic carbocycles. The first-order valence-corrected chi connectivity index (χ1v) is 11.6. The lowest BCUT2D eigenvalue weighted by molar-refractivity contribution is -0.277. The molecule has 0 aliphatic rings. The molecule has 2 rings (SSSR count). The van der Waals surface area contributed by atoms with E-state index in [1.807, 2.05) is 0 Å². The van der Waals surface area contributed by atoms with Gasteiger partial charge in [0.1, 0.15) is 23.9 Å². The zero-order valence-electron chi connectivity index (χ0n) is 19.9. The van der Waals surface area contributed by atoms with Crippen molar-refractivity contribution in [3.8, 4) is 29.1 Å². The molecule has 0 aromatic heterocycles. The zero-order valence-corrected chi connectivity index (χ0v) is 21.5. The number of rotatable bonds is 10. The highest BCUT2D eigenvalue weighted by molar-refractivity contribution is 9.10. The van der Waals surface area contributed by atoms with E-state index >= 15 is 0 Å². The lowest BCUT2D eigenvalue weighted by Crippen LogP contribution is -2.26. The summed E-state index contributed by atoms with van der Waals surface area (Å²) in [6.07, 6.45) is -9.47. The van der Waals surface area contributed by atoms with E-state index in [1.54, 1.807) is 25.1 Å². The molecule has 1 N–H and O–H groups in total. The first kappa shape index (κ1) is 30.9. The van der Waals surface area contributed by atoms with Crippen molar-refractivity contribution >= 4 is 21.9 Å². The minimum absolute atomic E-state index is 0.00170. The quantitative estimate of drug-likeness (QED) is 0.240. The van der Waals surface area contributed by atoms with Crippen LogP contribution in [-0.4, -0.2) is 43.1 Å². The Bertz CT molecular complexity index is 1210. The van der Waals surface area contributed by atoms with Gasteiger partial charge in [-0.1, -0.05) is 17.9 Å². The van der Waals surface area contributed by atoms with E-state index in [0.717, 1.165) is 0 Å². The van der Waals surface area contributed by atoms with Gasteiger partial charge in [0, 0.05) is 13.0 Å². The Morgan fingerprint density at radius 1 is 1.05 bits per heavy atom. The molecule has 2 aromatic rings. The van der Waals surface area contributed by atoms with Crippen LogP contribution in [0.4, 0.5) is 26.3 Å². The molecule has 0 spiro atoms. The number of benzene rings is 2.